The van der Waals surface area contributed by atoms with Crippen LogP contribution in [0.4, 0.5) is 0 Å². The molecule has 0 aliphatic heterocycles. The quantitative estimate of drug-likeness (QED) is 0.740. The summed E-state index contributed by atoms with van der Waals surface area (Å²) in [6.45, 7) is 0. The molecule has 0 fully saturated rings. The van der Waals surface area contributed by atoms with E-state index in [-0.39, 0.29) is 6.04 Å². The largest absolute Gasteiger partial charge is 0.342 e. The number of nitrogens with two attached hydrogens (primary N) is 1. The summed E-state index contributed by atoms with van der Waals surface area (Å²) in [5, 5.41) is 3.86. The highest BCUT2D eigenvalue weighted by atomic mass is 16.5. The van der Waals surface area contributed by atoms with Crippen LogP contribution in [0.15, 0.2) is 47.2 Å². The van der Waals surface area contributed by atoms with Crippen molar-refractivity contribution >= 4 is 0 Å². The normalized spacial score (nSPS) is 12.5. The van der Waals surface area contributed by atoms with Gasteiger partial charge in [-0.3, -0.25) is 0 Å². The Hall–Kier alpha value is -2.47. The summed E-state index contributed by atoms with van der Waals surface area (Å²) in [5.74, 6) is 1.40. The number of hydrogen-bond donors (Lipinski definition) is 2. The van der Waals surface area contributed by atoms with Gasteiger partial charge in [-0.1, -0.05) is 35.5 Å². The monoisotopic (exact) mass is 255 g/mol. The number of aromatic nitrogens is 4. The Morgan fingerprint density at radius 1 is 1.26 bits per heavy atom. The lowest BCUT2D eigenvalue weighted by Crippen LogP contribution is -2.13. The number of nitrogens with one attached hydrogen (secondary N) is 1. The lowest BCUT2D eigenvalue weighted by Gasteiger charge is -2.05. The minimum Gasteiger partial charge on any atom is -0.342 e. The lowest BCUT2D eigenvalue weighted by molar-refractivity contribution is 0.354. The summed E-state index contributed by atoms with van der Waals surface area (Å²) in [4.78, 5) is 11.2. The van der Waals surface area contributed by atoms with E-state index in [2.05, 4.69) is 20.1 Å². The van der Waals surface area contributed by atoms with E-state index in [1.165, 1.54) is 0 Å². The average Bonchev–Trinajstić information content (AvgIpc) is 3.11. The number of imidazole rings is 1. The number of H-pyrrole nitrogens is 1. The van der Waals surface area contributed by atoms with Gasteiger partial charge in [0.15, 0.2) is 5.82 Å². The molecule has 3 N–H and O–H groups in total. The molecule has 1 atom stereocenters. The van der Waals surface area contributed by atoms with Crippen molar-refractivity contribution in [1.29, 1.82) is 0 Å². The Labute approximate surface area is 109 Å². The van der Waals surface area contributed by atoms with E-state index in [9.17, 15) is 0 Å². The summed E-state index contributed by atoms with van der Waals surface area (Å²) >= 11 is 0. The van der Waals surface area contributed by atoms with Gasteiger partial charge in [0.1, 0.15) is 0 Å². The molecule has 3 aromatic rings. The molecule has 6 nitrogen and oxygen atoms in total. The van der Waals surface area contributed by atoms with Crippen LogP contribution in [-0.2, 0) is 6.42 Å². The van der Waals surface area contributed by atoms with Crippen molar-refractivity contribution in [3.63, 3.8) is 0 Å². The first-order valence-electron chi connectivity index (χ1n) is 5.96. The van der Waals surface area contributed by atoms with E-state index in [0.29, 0.717) is 24.0 Å². The van der Waals surface area contributed by atoms with Crippen molar-refractivity contribution in [2.75, 3.05) is 0 Å². The predicted octanol–water partition coefficient (Wildman–Crippen LogP) is 1.70. The zero-order valence-electron chi connectivity index (χ0n) is 10.2. The molecule has 0 bridgehead atoms. The van der Waals surface area contributed by atoms with Gasteiger partial charge in [0.2, 0.25) is 11.7 Å². The molecule has 0 aliphatic rings. The fourth-order valence-corrected chi connectivity index (χ4v) is 1.82. The maximum atomic E-state index is 6.07. The third-order valence-electron chi connectivity index (χ3n) is 2.77. The standard InChI is InChI=1S/C13H13N5O/c14-10(8-9-4-2-1-3-5-9)13-17-12(18-19-13)11-15-6-7-16-11/h1-7,10H,8,14H2,(H,15,16). The van der Waals surface area contributed by atoms with E-state index in [0.717, 1.165) is 5.56 Å². The summed E-state index contributed by atoms with van der Waals surface area (Å²) in [7, 11) is 0. The molecule has 0 saturated carbocycles. The van der Waals surface area contributed by atoms with Crippen LogP contribution in [-0.4, -0.2) is 20.1 Å². The molecule has 6 heteroatoms. The molecule has 1 unspecified atom stereocenters. The Kier molecular flexibility index (Phi) is 3.07. The molecule has 19 heavy (non-hydrogen) atoms. The Morgan fingerprint density at radius 2 is 2.11 bits per heavy atom. The van der Waals surface area contributed by atoms with E-state index in [1.807, 2.05) is 30.3 Å². The number of benzene rings is 1. The summed E-state index contributed by atoms with van der Waals surface area (Å²) in [5.41, 5.74) is 7.20. The highest BCUT2D eigenvalue weighted by molar-refractivity contribution is 5.40. The Balaban J connectivity index is 1.76. The fourth-order valence-electron chi connectivity index (χ4n) is 1.82. The first-order chi connectivity index (χ1) is 9.33. The molecule has 2 aromatic heterocycles. The van der Waals surface area contributed by atoms with Gasteiger partial charge in [0, 0.05) is 12.4 Å². The van der Waals surface area contributed by atoms with Gasteiger partial charge in [0.05, 0.1) is 6.04 Å². The van der Waals surface area contributed by atoms with E-state index < -0.39 is 0 Å². The van der Waals surface area contributed by atoms with Crippen LogP contribution in [0.5, 0.6) is 0 Å². The van der Waals surface area contributed by atoms with Crippen molar-refractivity contribution in [3.05, 3.63) is 54.2 Å². The Morgan fingerprint density at radius 3 is 2.84 bits per heavy atom. The van der Waals surface area contributed by atoms with E-state index in [4.69, 9.17) is 10.3 Å². The first-order valence-corrected chi connectivity index (χ1v) is 5.96. The smallest absolute Gasteiger partial charge is 0.244 e. The van der Waals surface area contributed by atoms with Gasteiger partial charge in [-0.25, -0.2) is 4.98 Å². The van der Waals surface area contributed by atoms with Crippen LogP contribution in [0.3, 0.4) is 0 Å². The maximum absolute atomic E-state index is 6.07. The van der Waals surface area contributed by atoms with Gasteiger partial charge in [0.25, 0.3) is 0 Å². The molecule has 1 aromatic carbocycles. The Bertz CT molecular complexity index is 632. The molecular weight excluding hydrogens is 242 g/mol. The molecule has 0 spiro atoms. The molecule has 2 heterocycles. The highest BCUT2D eigenvalue weighted by Crippen LogP contribution is 2.17. The van der Waals surface area contributed by atoms with Crippen LogP contribution in [0.2, 0.25) is 0 Å². The van der Waals surface area contributed by atoms with Crippen LogP contribution in [0, 0.1) is 0 Å². The number of aromatic amines is 1. The zero-order chi connectivity index (χ0) is 13.1. The molecule has 0 radical (unpaired) electrons. The summed E-state index contributed by atoms with van der Waals surface area (Å²) in [6, 6.07) is 9.64. The average molecular weight is 255 g/mol. The van der Waals surface area contributed by atoms with Crippen LogP contribution in [0.1, 0.15) is 17.5 Å². The van der Waals surface area contributed by atoms with E-state index >= 15 is 0 Å². The first kappa shape index (κ1) is 11.6. The number of hydrogen-bond acceptors (Lipinski definition) is 5. The third kappa shape index (κ3) is 2.53. The number of rotatable bonds is 4. The minimum absolute atomic E-state index is 0.321. The second kappa shape index (κ2) is 5.03. The van der Waals surface area contributed by atoms with Gasteiger partial charge in [-0.05, 0) is 12.0 Å². The fraction of sp³-hybridized carbons (Fsp3) is 0.154. The summed E-state index contributed by atoms with van der Waals surface area (Å²) in [6.07, 6.45) is 3.99. The predicted molar refractivity (Wildman–Crippen MR) is 69.0 cm³/mol. The van der Waals surface area contributed by atoms with Crippen molar-refractivity contribution in [2.24, 2.45) is 5.73 Å². The van der Waals surface area contributed by atoms with Crippen molar-refractivity contribution in [3.8, 4) is 11.6 Å². The van der Waals surface area contributed by atoms with Crippen LogP contribution in [0.25, 0.3) is 11.6 Å². The van der Waals surface area contributed by atoms with Crippen molar-refractivity contribution in [1.82, 2.24) is 20.1 Å². The summed E-state index contributed by atoms with van der Waals surface area (Å²) < 4.78 is 5.18. The third-order valence-corrected chi connectivity index (χ3v) is 2.77. The molecule has 0 aliphatic carbocycles. The van der Waals surface area contributed by atoms with Crippen molar-refractivity contribution in [2.45, 2.75) is 12.5 Å². The highest BCUT2D eigenvalue weighted by Gasteiger charge is 2.17. The van der Waals surface area contributed by atoms with Gasteiger partial charge < -0.3 is 15.2 Å². The second-order valence-corrected chi connectivity index (χ2v) is 4.19. The molecular formula is C13H13N5O. The van der Waals surface area contributed by atoms with Crippen LogP contribution < -0.4 is 5.73 Å². The molecule has 96 valence electrons. The van der Waals surface area contributed by atoms with Gasteiger partial charge in [-0.2, -0.15) is 4.98 Å². The lowest BCUT2D eigenvalue weighted by atomic mass is 10.1. The topological polar surface area (TPSA) is 93.6 Å². The van der Waals surface area contributed by atoms with Gasteiger partial charge in [-0.15, -0.1) is 0 Å². The SMILES string of the molecule is NC(Cc1ccccc1)c1nc(-c2ncc[nH]2)no1. The number of nitrogens with zero attached hydrogens (tertiary/aromatic N) is 3. The maximum Gasteiger partial charge on any atom is 0.244 e. The second-order valence-electron chi connectivity index (χ2n) is 4.19. The van der Waals surface area contributed by atoms with Crippen molar-refractivity contribution < 1.29 is 4.52 Å². The van der Waals surface area contributed by atoms with Gasteiger partial charge >= 0.3 is 0 Å². The minimum atomic E-state index is -0.321. The molecule has 0 saturated heterocycles. The molecule has 3 rings (SSSR count). The zero-order valence-corrected chi connectivity index (χ0v) is 10.2. The van der Waals surface area contributed by atoms with Crippen LogP contribution >= 0.6 is 0 Å². The van der Waals surface area contributed by atoms with E-state index in [1.54, 1.807) is 12.4 Å². The molecule has 0 amide bonds.